The maximum absolute atomic E-state index is 13.0. The van der Waals surface area contributed by atoms with Crippen LogP contribution in [0.25, 0.3) is 11.8 Å². The van der Waals surface area contributed by atoms with Crippen LogP contribution in [0.2, 0.25) is 0 Å². The molecule has 0 N–H and O–H groups in total. The summed E-state index contributed by atoms with van der Waals surface area (Å²) in [6.07, 6.45) is 1.82. The number of rotatable bonds is 5. The minimum Gasteiger partial charge on any atom is -0.497 e. The number of benzene rings is 2. The largest absolute Gasteiger partial charge is 0.497 e. The second-order valence-electron chi connectivity index (χ2n) is 7.56. The first-order valence-corrected chi connectivity index (χ1v) is 10.8. The van der Waals surface area contributed by atoms with Gasteiger partial charge in [0.25, 0.3) is 11.1 Å². The van der Waals surface area contributed by atoms with Gasteiger partial charge in [0.2, 0.25) is 0 Å². The molecule has 6 heteroatoms. The standard InChI is InChI=1S/C25H24N2O3S/c1-16-8-5-6-9-19(16)15-26-24(28)23(31-25(26)29)13-20-12-17(2)27(18(20)3)21-10-7-11-22(14-21)30-4/h5-14H,15H2,1-4H3/b23-13-. The molecule has 158 valence electrons. The smallest absolute Gasteiger partial charge is 0.293 e. The zero-order valence-corrected chi connectivity index (χ0v) is 18.8. The number of aryl methyl sites for hydroxylation is 2. The molecule has 1 fully saturated rings. The molecule has 0 saturated carbocycles. The Morgan fingerprint density at radius 1 is 1.00 bits per heavy atom. The Balaban J connectivity index is 1.64. The van der Waals surface area contributed by atoms with Crippen molar-refractivity contribution in [3.8, 4) is 11.4 Å². The normalized spacial score (nSPS) is 15.2. The van der Waals surface area contributed by atoms with Gasteiger partial charge in [-0.15, -0.1) is 0 Å². The zero-order chi connectivity index (χ0) is 22.1. The molecule has 1 aliphatic heterocycles. The van der Waals surface area contributed by atoms with Crippen molar-refractivity contribution in [3.05, 3.63) is 87.6 Å². The second kappa shape index (κ2) is 8.47. The first-order chi connectivity index (χ1) is 14.9. The highest BCUT2D eigenvalue weighted by atomic mass is 32.2. The molecule has 2 heterocycles. The Hall–Kier alpha value is -3.25. The summed E-state index contributed by atoms with van der Waals surface area (Å²) in [6.45, 7) is 6.30. The molecule has 4 rings (SSSR count). The molecule has 0 bridgehead atoms. The van der Waals surface area contributed by atoms with E-state index in [9.17, 15) is 9.59 Å². The molecule has 1 aliphatic rings. The topological polar surface area (TPSA) is 51.5 Å². The molecule has 31 heavy (non-hydrogen) atoms. The molecule has 0 spiro atoms. The third-order valence-electron chi connectivity index (χ3n) is 5.53. The second-order valence-corrected chi connectivity index (χ2v) is 8.55. The molecule has 0 aliphatic carbocycles. The molecular formula is C25H24N2O3S. The molecule has 0 radical (unpaired) electrons. The number of hydrogen-bond donors (Lipinski definition) is 0. The van der Waals surface area contributed by atoms with Gasteiger partial charge in [0, 0.05) is 23.1 Å². The van der Waals surface area contributed by atoms with Gasteiger partial charge in [-0.2, -0.15) is 0 Å². The maximum atomic E-state index is 13.0. The number of ether oxygens (including phenoxy) is 1. The molecule has 3 aromatic rings. The van der Waals surface area contributed by atoms with Crippen molar-refractivity contribution in [2.75, 3.05) is 7.11 Å². The van der Waals surface area contributed by atoms with Gasteiger partial charge in [0.15, 0.2) is 0 Å². The van der Waals surface area contributed by atoms with Crippen molar-refractivity contribution >= 4 is 29.0 Å². The minimum atomic E-state index is -0.246. The average Bonchev–Trinajstić information content (AvgIpc) is 3.18. The molecule has 1 aromatic heterocycles. The summed E-state index contributed by atoms with van der Waals surface area (Å²) < 4.78 is 7.47. The van der Waals surface area contributed by atoms with Gasteiger partial charge >= 0.3 is 0 Å². The number of carbonyl (C=O) groups excluding carboxylic acids is 2. The monoisotopic (exact) mass is 432 g/mol. The van der Waals surface area contributed by atoms with E-state index < -0.39 is 0 Å². The van der Waals surface area contributed by atoms with E-state index in [1.54, 1.807) is 7.11 Å². The summed E-state index contributed by atoms with van der Waals surface area (Å²) in [4.78, 5) is 27.3. The lowest BCUT2D eigenvalue weighted by Crippen LogP contribution is -2.27. The fraction of sp³-hybridized carbons (Fsp3) is 0.200. The van der Waals surface area contributed by atoms with Crippen molar-refractivity contribution in [1.82, 2.24) is 9.47 Å². The van der Waals surface area contributed by atoms with Crippen LogP contribution in [0.3, 0.4) is 0 Å². The Morgan fingerprint density at radius 2 is 1.77 bits per heavy atom. The first-order valence-electron chi connectivity index (χ1n) is 10.0. The number of carbonyl (C=O) groups is 2. The van der Waals surface area contributed by atoms with Gasteiger partial charge in [-0.05, 0) is 73.5 Å². The van der Waals surface area contributed by atoms with E-state index >= 15 is 0 Å². The fourth-order valence-corrected chi connectivity index (χ4v) is 4.65. The number of nitrogens with zero attached hydrogens (tertiary/aromatic N) is 2. The fourth-order valence-electron chi connectivity index (χ4n) is 3.82. The number of methoxy groups -OCH3 is 1. The van der Waals surface area contributed by atoms with Gasteiger partial charge in [-0.1, -0.05) is 30.3 Å². The Labute approximate surface area is 186 Å². The van der Waals surface area contributed by atoms with Gasteiger partial charge in [0.1, 0.15) is 5.75 Å². The minimum absolute atomic E-state index is 0.235. The van der Waals surface area contributed by atoms with Crippen molar-refractivity contribution in [3.63, 3.8) is 0 Å². The van der Waals surface area contributed by atoms with Crippen LogP contribution < -0.4 is 4.74 Å². The van der Waals surface area contributed by atoms with Gasteiger partial charge in [-0.25, -0.2) is 0 Å². The van der Waals surface area contributed by atoms with E-state index in [4.69, 9.17) is 4.74 Å². The van der Waals surface area contributed by atoms with E-state index in [2.05, 4.69) is 4.57 Å². The van der Waals surface area contributed by atoms with Crippen molar-refractivity contribution in [2.45, 2.75) is 27.3 Å². The van der Waals surface area contributed by atoms with E-state index in [1.165, 1.54) is 4.90 Å². The molecule has 2 amide bonds. The van der Waals surface area contributed by atoms with E-state index in [-0.39, 0.29) is 17.7 Å². The lowest BCUT2D eigenvalue weighted by molar-refractivity contribution is -0.123. The van der Waals surface area contributed by atoms with Crippen molar-refractivity contribution < 1.29 is 14.3 Å². The molecule has 1 saturated heterocycles. The van der Waals surface area contributed by atoms with Gasteiger partial charge < -0.3 is 9.30 Å². The number of hydrogen-bond acceptors (Lipinski definition) is 4. The van der Waals surface area contributed by atoms with Crippen molar-refractivity contribution in [2.24, 2.45) is 0 Å². The lowest BCUT2D eigenvalue weighted by Gasteiger charge is -2.14. The van der Waals surface area contributed by atoms with Gasteiger partial charge in [-0.3, -0.25) is 14.5 Å². The number of imide groups is 1. The Morgan fingerprint density at radius 3 is 2.52 bits per heavy atom. The summed E-state index contributed by atoms with van der Waals surface area (Å²) in [5.41, 5.74) is 5.98. The van der Waals surface area contributed by atoms with Crippen LogP contribution in [0.5, 0.6) is 5.75 Å². The summed E-state index contributed by atoms with van der Waals surface area (Å²) >= 11 is 0.997. The van der Waals surface area contributed by atoms with Crippen LogP contribution in [-0.4, -0.2) is 27.7 Å². The van der Waals surface area contributed by atoms with Crippen LogP contribution in [0.15, 0.2) is 59.5 Å². The van der Waals surface area contributed by atoms with Crippen LogP contribution in [0.4, 0.5) is 4.79 Å². The maximum Gasteiger partial charge on any atom is 0.293 e. The lowest BCUT2D eigenvalue weighted by atomic mass is 10.1. The van der Waals surface area contributed by atoms with Crippen molar-refractivity contribution in [1.29, 1.82) is 0 Å². The third kappa shape index (κ3) is 4.03. The van der Waals surface area contributed by atoms with Crippen LogP contribution in [-0.2, 0) is 11.3 Å². The molecule has 5 nitrogen and oxygen atoms in total. The predicted octanol–water partition coefficient (Wildman–Crippen LogP) is 5.65. The first kappa shape index (κ1) is 21.0. The summed E-state index contributed by atoms with van der Waals surface area (Å²) in [5.74, 6) is 0.535. The Kier molecular flexibility index (Phi) is 5.74. The quantitative estimate of drug-likeness (QED) is 0.489. The van der Waals surface area contributed by atoms with E-state index in [0.717, 1.165) is 51.3 Å². The highest BCUT2D eigenvalue weighted by Crippen LogP contribution is 2.35. The molecule has 2 aromatic carbocycles. The van der Waals surface area contributed by atoms with E-state index in [1.807, 2.05) is 81.4 Å². The van der Waals surface area contributed by atoms with Crippen LogP contribution >= 0.6 is 11.8 Å². The van der Waals surface area contributed by atoms with Crippen LogP contribution in [0.1, 0.15) is 28.1 Å². The number of thioether (sulfide) groups is 1. The highest BCUT2D eigenvalue weighted by Gasteiger charge is 2.35. The molecule has 0 atom stereocenters. The van der Waals surface area contributed by atoms with Crippen LogP contribution in [0, 0.1) is 20.8 Å². The third-order valence-corrected chi connectivity index (χ3v) is 6.44. The summed E-state index contributed by atoms with van der Waals surface area (Å²) in [5, 5.41) is -0.235. The molecule has 0 unspecified atom stereocenters. The van der Waals surface area contributed by atoms with Gasteiger partial charge in [0.05, 0.1) is 18.6 Å². The summed E-state index contributed by atoms with van der Waals surface area (Å²) in [6, 6.07) is 17.7. The number of amides is 2. The predicted molar refractivity (Wildman–Crippen MR) is 124 cm³/mol. The zero-order valence-electron chi connectivity index (χ0n) is 18.0. The summed E-state index contributed by atoms with van der Waals surface area (Å²) in [7, 11) is 1.65. The average molecular weight is 433 g/mol. The molecular weight excluding hydrogens is 408 g/mol. The number of aromatic nitrogens is 1. The van der Waals surface area contributed by atoms with E-state index in [0.29, 0.717) is 4.91 Å². The highest BCUT2D eigenvalue weighted by molar-refractivity contribution is 8.18. The Bertz CT molecular complexity index is 1210. The SMILES string of the molecule is COc1cccc(-n2c(C)cc(/C=C3\SC(=O)N(Cc4ccccc4C)C3=O)c2C)c1.